The molecule has 0 amide bonds. The number of allylic oxidation sites excluding steroid dienone is 4. The molecule has 0 unspecified atom stereocenters. The van der Waals surface area contributed by atoms with Crippen molar-refractivity contribution in [3.8, 4) is 23.0 Å². The topological polar surface area (TPSA) is 126 Å². The van der Waals surface area contributed by atoms with Crippen LogP contribution >= 0.6 is 0 Å². The molecule has 55 heavy (non-hydrogen) atoms. The lowest BCUT2D eigenvalue weighted by Crippen LogP contribution is -2.21. The number of nitrogens with zero attached hydrogens (tertiary/aromatic N) is 3. The van der Waals surface area contributed by atoms with Gasteiger partial charge in [-0.2, -0.15) is 0 Å². The van der Waals surface area contributed by atoms with E-state index >= 15 is 0 Å². The predicted molar refractivity (Wildman–Crippen MR) is 219 cm³/mol. The fraction of sp³-hybridized carbons (Fsp3) is 0.0638. The van der Waals surface area contributed by atoms with Crippen LogP contribution in [-0.4, -0.2) is 41.4 Å². The van der Waals surface area contributed by atoms with E-state index in [1.807, 2.05) is 104 Å². The van der Waals surface area contributed by atoms with E-state index < -0.39 is 0 Å². The highest BCUT2D eigenvalue weighted by molar-refractivity contribution is 6.31. The number of aromatic nitrogens is 2. The summed E-state index contributed by atoms with van der Waals surface area (Å²) in [7, 11) is 1.97. The number of benzene rings is 4. The van der Waals surface area contributed by atoms with E-state index in [1.54, 1.807) is 60.7 Å². The maximum atomic E-state index is 10.6. The van der Waals surface area contributed by atoms with E-state index in [4.69, 9.17) is 9.98 Å². The third-order valence-corrected chi connectivity index (χ3v) is 9.62. The maximum absolute atomic E-state index is 10.6. The number of rotatable bonds is 4. The minimum absolute atomic E-state index is 0.128. The molecule has 0 atom stereocenters. The van der Waals surface area contributed by atoms with E-state index in [2.05, 4.69) is 11.1 Å². The van der Waals surface area contributed by atoms with Gasteiger partial charge < -0.3 is 30.0 Å². The molecule has 8 bridgehead atoms. The number of fused-ring (bicyclic) bond motifs is 6. The number of phenols is 4. The quantitative estimate of drug-likeness (QED) is 0.127. The molecule has 6 aromatic rings. The number of aryl methyl sites for hydroxylation is 1. The molecular weight excluding hydrogens is 685 g/mol. The van der Waals surface area contributed by atoms with Gasteiger partial charge in [-0.1, -0.05) is 62.4 Å². The predicted octanol–water partition coefficient (Wildman–Crippen LogP) is 7.85. The number of aromatic hydroxyl groups is 4. The Balaban J connectivity index is 0.00000210. The lowest BCUT2D eigenvalue weighted by Gasteiger charge is -2.12. The first-order valence-corrected chi connectivity index (χ1v) is 18.1. The van der Waals surface area contributed by atoms with Crippen molar-refractivity contribution in [2.75, 3.05) is 0 Å². The second kappa shape index (κ2) is 14.2. The smallest absolute Gasteiger partial charge is 0.116 e. The Bertz CT molecular complexity index is 2840. The molecule has 0 radical (unpaired) electrons. The van der Waals surface area contributed by atoms with Gasteiger partial charge >= 0.3 is 0 Å². The van der Waals surface area contributed by atoms with Gasteiger partial charge in [0.05, 0.1) is 28.5 Å². The zero-order chi connectivity index (χ0) is 38.2. The monoisotopic (exact) mass is 722 g/mol. The number of hydrogen-bond donors (Lipinski definition) is 5. The average molecular weight is 723 g/mol. The van der Waals surface area contributed by atoms with Crippen molar-refractivity contribution in [1.82, 2.24) is 9.55 Å². The minimum Gasteiger partial charge on any atom is -0.508 e. The van der Waals surface area contributed by atoms with Gasteiger partial charge in [-0.25, -0.2) is 9.98 Å². The number of aliphatic imine (C=N–C) groups is 2. The molecule has 5 N–H and O–H groups in total. The fourth-order valence-electron chi connectivity index (χ4n) is 7.34. The van der Waals surface area contributed by atoms with Crippen LogP contribution in [0.4, 0.5) is 0 Å². The van der Waals surface area contributed by atoms with E-state index in [0.717, 1.165) is 66.5 Å². The Morgan fingerprint density at radius 3 is 1.29 bits per heavy atom. The van der Waals surface area contributed by atoms with Crippen molar-refractivity contribution < 1.29 is 20.4 Å². The molecular formula is C47H38N4O4. The van der Waals surface area contributed by atoms with Crippen molar-refractivity contribution >= 4 is 33.7 Å². The van der Waals surface area contributed by atoms with Gasteiger partial charge in [0.15, 0.2) is 0 Å². The Labute approximate surface area is 318 Å². The first-order valence-electron chi connectivity index (χ1n) is 18.1. The van der Waals surface area contributed by atoms with Gasteiger partial charge in [0.2, 0.25) is 0 Å². The molecule has 270 valence electrons. The van der Waals surface area contributed by atoms with Crippen LogP contribution in [0.15, 0.2) is 167 Å². The van der Waals surface area contributed by atoms with Gasteiger partial charge in [0.25, 0.3) is 0 Å². The molecule has 0 fully saturated rings. The largest absolute Gasteiger partial charge is 0.508 e. The molecule has 0 aliphatic carbocycles. The van der Waals surface area contributed by atoms with E-state index in [9.17, 15) is 20.4 Å². The SMILES string of the molecule is CC.Cn1cc2cc1C(c1cccc(O)c1)=C1C=CC(=N1)C(c1cccc(O)c1)=c1ccc([nH]1)=C(c1cccc(O)c1)C1=NC(=C2c2cccc(O)c2)C=C1. The number of H-pyrrole nitrogens is 1. The van der Waals surface area contributed by atoms with Gasteiger partial charge in [-0.05, 0) is 113 Å². The molecule has 5 heterocycles. The Kier molecular flexibility index (Phi) is 9.00. The van der Waals surface area contributed by atoms with Crippen molar-refractivity contribution in [1.29, 1.82) is 0 Å². The van der Waals surface area contributed by atoms with Crippen LogP contribution in [-0.2, 0) is 7.05 Å². The highest BCUT2D eigenvalue weighted by Gasteiger charge is 2.25. The summed E-state index contributed by atoms with van der Waals surface area (Å²) < 4.78 is 2.04. The number of hydrogen-bond acceptors (Lipinski definition) is 6. The summed E-state index contributed by atoms with van der Waals surface area (Å²) >= 11 is 0. The third kappa shape index (κ3) is 6.51. The number of nitrogens with one attached hydrogen (secondary N) is 1. The summed E-state index contributed by atoms with van der Waals surface area (Å²) in [4.78, 5) is 14.1. The molecule has 3 aliphatic heterocycles. The molecule has 8 heteroatoms. The second-order valence-electron chi connectivity index (χ2n) is 13.1. The van der Waals surface area contributed by atoms with Gasteiger partial charge in [-0.15, -0.1) is 0 Å². The molecule has 9 rings (SSSR count). The van der Waals surface area contributed by atoms with Crippen molar-refractivity contribution in [2.24, 2.45) is 17.0 Å². The summed E-state index contributed by atoms with van der Waals surface area (Å²) in [6.45, 7) is 4.00. The molecule has 4 aromatic carbocycles. The van der Waals surface area contributed by atoms with E-state index in [-0.39, 0.29) is 23.0 Å². The average Bonchev–Trinajstić information content (AvgIpc) is 4.00. The van der Waals surface area contributed by atoms with Gasteiger partial charge in [0.1, 0.15) is 23.0 Å². The summed E-state index contributed by atoms with van der Waals surface area (Å²) in [5.41, 5.74) is 10.7. The van der Waals surface area contributed by atoms with Crippen LogP contribution in [0.25, 0.3) is 22.3 Å². The lowest BCUT2D eigenvalue weighted by atomic mass is 9.95. The normalized spacial score (nSPS) is 14.6. The number of phenolic OH excluding ortho intramolecular Hbond substituents is 4. The van der Waals surface area contributed by atoms with Crippen LogP contribution in [0, 0.1) is 0 Å². The molecule has 2 aromatic heterocycles. The molecule has 0 saturated carbocycles. The van der Waals surface area contributed by atoms with E-state index in [1.165, 1.54) is 0 Å². The fourth-order valence-corrected chi connectivity index (χ4v) is 7.34. The Hall–Kier alpha value is -7.32. The highest BCUT2D eigenvalue weighted by Crippen LogP contribution is 2.39. The summed E-state index contributed by atoms with van der Waals surface area (Å²) in [6.07, 6.45) is 9.92. The van der Waals surface area contributed by atoms with Crippen LogP contribution in [0.1, 0.15) is 47.4 Å². The summed E-state index contributed by atoms with van der Waals surface area (Å²) in [5, 5.41) is 44.0. The minimum atomic E-state index is 0.128. The zero-order valence-electron chi connectivity index (χ0n) is 30.5. The lowest BCUT2D eigenvalue weighted by molar-refractivity contribution is 0.474. The molecule has 0 spiro atoms. The Morgan fingerprint density at radius 1 is 0.455 bits per heavy atom. The molecule has 3 aliphatic rings. The number of aromatic amines is 1. The van der Waals surface area contributed by atoms with Gasteiger partial charge in [0, 0.05) is 51.8 Å². The summed E-state index contributed by atoms with van der Waals surface area (Å²) in [6, 6.07) is 34.6. The Morgan fingerprint density at radius 2 is 0.855 bits per heavy atom. The van der Waals surface area contributed by atoms with Crippen molar-refractivity contribution in [3.63, 3.8) is 0 Å². The van der Waals surface area contributed by atoms with Crippen LogP contribution in [0.2, 0.25) is 0 Å². The van der Waals surface area contributed by atoms with Crippen LogP contribution in [0.3, 0.4) is 0 Å². The van der Waals surface area contributed by atoms with Crippen LogP contribution in [0.5, 0.6) is 23.0 Å². The first-order chi connectivity index (χ1) is 26.8. The van der Waals surface area contributed by atoms with Crippen molar-refractivity contribution in [2.45, 2.75) is 13.8 Å². The molecule has 0 saturated heterocycles. The summed E-state index contributed by atoms with van der Waals surface area (Å²) in [5.74, 6) is 0.524. The van der Waals surface area contributed by atoms with Gasteiger partial charge in [-0.3, -0.25) is 0 Å². The van der Waals surface area contributed by atoms with E-state index in [0.29, 0.717) is 22.8 Å². The second-order valence-corrected chi connectivity index (χ2v) is 13.1. The van der Waals surface area contributed by atoms with Crippen LogP contribution < -0.4 is 10.7 Å². The standard InChI is InChI=1S/C45H32N4O4.C2H6/c1-49-25-30-24-41(49)45(29-9-5-13-34(53)23-29)40-19-18-39(48-40)44(28-8-4-12-33(52)22-28)38-17-16-37(47-38)43(27-7-3-11-32(51)21-27)36-15-14-35(46-36)42(30)26-6-2-10-31(50)20-26;1-2/h2-25,47,50-53H,1H3;1-2H3. The highest BCUT2D eigenvalue weighted by atomic mass is 16.3. The van der Waals surface area contributed by atoms with Crippen molar-refractivity contribution in [3.05, 3.63) is 201 Å². The third-order valence-electron chi connectivity index (χ3n) is 9.62. The maximum Gasteiger partial charge on any atom is 0.116 e. The zero-order valence-corrected chi connectivity index (χ0v) is 30.5. The molecule has 8 nitrogen and oxygen atoms in total. The first kappa shape index (κ1) is 34.7.